The van der Waals surface area contributed by atoms with E-state index >= 15 is 0 Å². The van der Waals surface area contributed by atoms with Gasteiger partial charge in [0.15, 0.2) is 5.82 Å². The molecule has 2 N–H and O–H groups in total. The van der Waals surface area contributed by atoms with Gasteiger partial charge >= 0.3 is 0 Å². The lowest BCUT2D eigenvalue weighted by Crippen LogP contribution is -2.49. The molecule has 1 saturated heterocycles. The molecule has 7 nitrogen and oxygen atoms in total. The molecule has 1 aliphatic rings. The molecule has 0 aromatic carbocycles. The van der Waals surface area contributed by atoms with E-state index in [4.69, 9.17) is 0 Å². The van der Waals surface area contributed by atoms with Crippen LogP contribution in [0.5, 0.6) is 0 Å². The summed E-state index contributed by atoms with van der Waals surface area (Å²) in [4.78, 5) is 37.7. The number of nitrogens with one attached hydrogen (secondary N) is 2. The number of nitrogens with zero attached hydrogens (tertiary/aromatic N) is 3. The van der Waals surface area contributed by atoms with Gasteiger partial charge in [0.2, 0.25) is 0 Å². The number of hydrogen-bond donors (Lipinski definition) is 2. The van der Waals surface area contributed by atoms with Crippen LogP contribution in [0.1, 0.15) is 34.4 Å². The minimum absolute atomic E-state index is 0.00447. The van der Waals surface area contributed by atoms with Gasteiger partial charge in [0, 0.05) is 31.5 Å². The van der Waals surface area contributed by atoms with Crippen LogP contribution in [0.3, 0.4) is 0 Å². The summed E-state index contributed by atoms with van der Waals surface area (Å²) in [5, 5.41) is 4.00. The quantitative estimate of drug-likeness (QED) is 0.877. The van der Waals surface area contributed by atoms with Gasteiger partial charge in [0.05, 0.1) is 11.2 Å². The molecular formula is C15H19N5O2S. The first-order chi connectivity index (χ1) is 11.2. The Morgan fingerprint density at radius 2 is 2.39 bits per heavy atom. The van der Waals surface area contributed by atoms with Crippen LogP contribution in [-0.2, 0) is 6.42 Å². The third-order valence-electron chi connectivity index (χ3n) is 3.82. The number of aromatic amines is 1. The summed E-state index contributed by atoms with van der Waals surface area (Å²) < 4.78 is 0. The molecule has 0 bridgehead atoms. The molecule has 1 fully saturated rings. The summed E-state index contributed by atoms with van der Waals surface area (Å²) in [5.74, 6) is 0.321. The zero-order valence-corrected chi connectivity index (χ0v) is 13.7. The maximum absolute atomic E-state index is 12.3. The Hall–Kier alpha value is -2.22. The fourth-order valence-electron chi connectivity index (χ4n) is 2.69. The maximum Gasteiger partial charge on any atom is 0.290 e. The summed E-state index contributed by atoms with van der Waals surface area (Å²) in [5.41, 5.74) is -0.200. The predicted octanol–water partition coefficient (Wildman–Crippen LogP) is 1.19. The molecule has 1 aliphatic heterocycles. The molecule has 0 unspecified atom stereocenters. The highest BCUT2D eigenvalue weighted by atomic mass is 32.1. The zero-order chi connectivity index (χ0) is 16.2. The van der Waals surface area contributed by atoms with Crippen LogP contribution < -0.4 is 15.8 Å². The molecule has 3 rings (SSSR count). The standard InChI is InChI=1S/C15H19N5O2S/c1-2-12-18-8-11(23-12)14(21)19-10-4-3-7-20(9-10)13-15(22)17-6-5-16-13/h5-6,8,10H,2-4,7,9H2,1H3,(H,17,22)(H,19,21)/t10-/m1/s1. The second kappa shape index (κ2) is 6.91. The lowest BCUT2D eigenvalue weighted by molar-refractivity contribution is 0.0937. The summed E-state index contributed by atoms with van der Waals surface area (Å²) in [6.45, 7) is 3.38. The number of carbonyl (C=O) groups excluding carboxylic acids is 1. The van der Waals surface area contributed by atoms with Crippen LogP contribution in [0.15, 0.2) is 23.4 Å². The number of piperidine rings is 1. The van der Waals surface area contributed by atoms with E-state index in [1.165, 1.54) is 17.5 Å². The number of anilines is 1. The minimum atomic E-state index is -0.200. The minimum Gasteiger partial charge on any atom is -0.350 e. The number of hydrogen-bond acceptors (Lipinski definition) is 6. The normalized spacial score (nSPS) is 18.0. The monoisotopic (exact) mass is 333 g/mol. The van der Waals surface area contributed by atoms with Crippen LogP contribution in [0, 0.1) is 0 Å². The number of amides is 1. The topological polar surface area (TPSA) is 91.0 Å². The molecule has 8 heteroatoms. The van der Waals surface area contributed by atoms with E-state index in [1.807, 2.05) is 11.8 Å². The Kier molecular flexibility index (Phi) is 4.71. The van der Waals surface area contributed by atoms with Crippen molar-refractivity contribution in [2.24, 2.45) is 0 Å². The van der Waals surface area contributed by atoms with Crippen LogP contribution in [0.25, 0.3) is 0 Å². The number of rotatable bonds is 4. The number of thiazole rings is 1. The van der Waals surface area contributed by atoms with Gasteiger partial charge in [0.25, 0.3) is 11.5 Å². The van der Waals surface area contributed by atoms with Gasteiger partial charge in [-0.2, -0.15) is 0 Å². The van der Waals surface area contributed by atoms with E-state index in [0.29, 0.717) is 17.2 Å². The lowest BCUT2D eigenvalue weighted by Gasteiger charge is -2.33. The lowest BCUT2D eigenvalue weighted by atomic mass is 10.1. The van der Waals surface area contributed by atoms with E-state index in [9.17, 15) is 9.59 Å². The Balaban J connectivity index is 1.66. The average Bonchev–Trinajstić information content (AvgIpc) is 3.05. The number of carbonyl (C=O) groups is 1. The van der Waals surface area contributed by atoms with Gasteiger partial charge < -0.3 is 15.2 Å². The summed E-state index contributed by atoms with van der Waals surface area (Å²) in [6.07, 6.45) is 7.35. The number of aryl methyl sites for hydroxylation is 1. The molecule has 2 aromatic rings. The van der Waals surface area contributed by atoms with Crippen molar-refractivity contribution in [3.05, 3.63) is 38.8 Å². The Bertz CT molecular complexity index is 741. The SMILES string of the molecule is CCc1ncc(C(=O)N[C@@H]2CCCN(c3ncc[nH]c3=O)C2)s1. The molecule has 122 valence electrons. The molecule has 23 heavy (non-hydrogen) atoms. The van der Waals surface area contributed by atoms with Crippen molar-refractivity contribution in [1.82, 2.24) is 20.3 Å². The summed E-state index contributed by atoms with van der Waals surface area (Å²) >= 11 is 1.43. The first-order valence-corrected chi connectivity index (χ1v) is 8.53. The van der Waals surface area contributed by atoms with Crippen molar-refractivity contribution in [3.63, 3.8) is 0 Å². The van der Waals surface area contributed by atoms with Gasteiger partial charge in [-0.3, -0.25) is 9.59 Å². The predicted molar refractivity (Wildman–Crippen MR) is 89.1 cm³/mol. The van der Waals surface area contributed by atoms with Gasteiger partial charge in [-0.25, -0.2) is 9.97 Å². The molecule has 0 spiro atoms. The summed E-state index contributed by atoms with van der Waals surface area (Å²) in [6, 6.07) is 0.00447. The van der Waals surface area contributed by atoms with Crippen molar-refractivity contribution in [1.29, 1.82) is 0 Å². The van der Waals surface area contributed by atoms with Crippen LogP contribution in [0.2, 0.25) is 0 Å². The molecule has 1 atom stereocenters. The third kappa shape index (κ3) is 3.58. The Labute approximate surface area is 137 Å². The highest BCUT2D eigenvalue weighted by Crippen LogP contribution is 2.17. The third-order valence-corrected chi connectivity index (χ3v) is 4.97. The Morgan fingerprint density at radius 3 is 3.13 bits per heavy atom. The molecule has 0 aliphatic carbocycles. The first-order valence-electron chi connectivity index (χ1n) is 7.71. The molecule has 0 radical (unpaired) electrons. The van der Waals surface area contributed by atoms with E-state index < -0.39 is 0 Å². The van der Waals surface area contributed by atoms with Crippen LogP contribution in [0.4, 0.5) is 5.82 Å². The fraction of sp³-hybridized carbons (Fsp3) is 0.467. The largest absolute Gasteiger partial charge is 0.350 e. The molecule has 2 aromatic heterocycles. The van der Waals surface area contributed by atoms with E-state index in [0.717, 1.165) is 30.8 Å². The molecule has 1 amide bonds. The van der Waals surface area contributed by atoms with Gasteiger partial charge in [-0.1, -0.05) is 6.92 Å². The first kappa shape index (κ1) is 15.7. The van der Waals surface area contributed by atoms with Crippen LogP contribution >= 0.6 is 11.3 Å². The Morgan fingerprint density at radius 1 is 1.52 bits per heavy atom. The second-order valence-electron chi connectivity index (χ2n) is 5.47. The van der Waals surface area contributed by atoms with Crippen molar-refractivity contribution >= 4 is 23.1 Å². The number of H-pyrrole nitrogens is 1. The molecule has 0 saturated carbocycles. The van der Waals surface area contributed by atoms with E-state index in [2.05, 4.69) is 20.3 Å². The van der Waals surface area contributed by atoms with E-state index in [-0.39, 0.29) is 17.5 Å². The summed E-state index contributed by atoms with van der Waals surface area (Å²) in [7, 11) is 0. The second-order valence-corrected chi connectivity index (χ2v) is 6.59. The van der Waals surface area contributed by atoms with Crippen LogP contribution in [-0.4, -0.2) is 40.0 Å². The van der Waals surface area contributed by atoms with Crippen molar-refractivity contribution < 1.29 is 4.79 Å². The van der Waals surface area contributed by atoms with Gasteiger partial charge in [0.1, 0.15) is 4.88 Å². The van der Waals surface area contributed by atoms with Gasteiger partial charge in [-0.15, -0.1) is 11.3 Å². The smallest absolute Gasteiger partial charge is 0.290 e. The highest BCUT2D eigenvalue weighted by Gasteiger charge is 2.24. The molecular weight excluding hydrogens is 314 g/mol. The fourth-order valence-corrected chi connectivity index (χ4v) is 3.45. The van der Waals surface area contributed by atoms with Crippen molar-refractivity contribution in [2.75, 3.05) is 18.0 Å². The highest BCUT2D eigenvalue weighted by molar-refractivity contribution is 7.13. The van der Waals surface area contributed by atoms with Crippen molar-refractivity contribution in [2.45, 2.75) is 32.2 Å². The number of aromatic nitrogens is 3. The van der Waals surface area contributed by atoms with Crippen molar-refractivity contribution in [3.8, 4) is 0 Å². The average molecular weight is 333 g/mol. The maximum atomic E-state index is 12.3. The van der Waals surface area contributed by atoms with E-state index in [1.54, 1.807) is 12.4 Å². The van der Waals surface area contributed by atoms with Gasteiger partial charge in [-0.05, 0) is 19.3 Å². The zero-order valence-electron chi connectivity index (χ0n) is 12.9. The molecule has 3 heterocycles.